The van der Waals surface area contributed by atoms with Crippen molar-refractivity contribution in [2.24, 2.45) is 5.92 Å². The Morgan fingerprint density at radius 1 is 1.14 bits per heavy atom. The number of benzene rings is 1. The molecule has 116 valence electrons. The molecule has 1 heterocycles. The van der Waals surface area contributed by atoms with Crippen molar-refractivity contribution in [3.63, 3.8) is 0 Å². The van der Waals surface area contributed by atoms with Crippen LogP contribution in [0, 0.1) is 5.92 Å². The molecule has 1 aliphatic carbocycles. The van der Waals surface area contributed by atoms with Gasteiger partial charge in [-0.2, -0.15) is 0 Å². The molecule has 1 saturated carbocycles. The van der Waals surface area contributed by atoms with E-state index >= 15 is 0 Å². The molecule has 2 aliphatic rings. The van der Waals surface area contributed by atoms with Gasteiger partial charge in [0.05, 0.1) is 0 Å². The van der Waals surface area contributed by atoms with E-state index in [-0.39, 0.29) is 0 Å². The summed E-state index contributed by atoms with van der Waals surface area (Å²) in [5.41, 5.74) is 1.49. The van der Waals surface area contributed by atoms with Crippen LogP contribution in [0.5, 0.6) is 0 Å². The van der Waals surface area contributed by atoms with Crippen LogP contribution in [-0.2, 0) is 0 Å². The van der Waals surface area contributed by atoms with Gasteiger partial charge in [0.1, 0.15) is 0 Å². The molecule has 1 aromatic carbocycles. The predicted molar refractivity (Wildman–Crippen MR) is 89.7 cm³/mol. The van der Waals surface area contributed by atoms with Gasteiger partial charge in [-0.15, -0.1) is 0 Å². The maximum Gasteiger partial charge on any atom is 0.0195 e. The van der Waals surface area contributed by atoms with Crippen LogP contribution in [0.15, 0.2) is 30.3 Å². The first-order chi connectivity index (χ1) is 10.3. The Morgan fingerprint density at radius 3 is 2.62 bits per heavy atom. The van der Waals surface area contributed by atoms with E-state index in [1.54, 1.807) is 0 Å². The Morgan fingerprint density at radius 2 is 1.95 bits per heavy atom. The molecule has 3 rings (SSSR count). The summed E-state index contributed by atoms with van der Waals surface area (Å²) in [5, 5.41) is 3.66. The smallest absolute Gasteiger partial charge is 0.0195 e. The third-order valence-electron chi connectivity index (χ3n) is 5.10. The van der Waals surface area contributed by atoms with E-state index in [4.69, 9.17) is 0 Å². The van der Waals surface area contributed by atoms with Crippen LogP contribution < -0.4 is 5.32 Å². The fourth-order valence-corrected chi connectivity index (χ4v) is 3.47. The minimum absolute atomic E-state index is 0.671. The highest BCUT2D eigenvalue weighted by Crippen LogP contribution is 2.30. The Hall–Kier alpha value is -0.860. The van der Waals surface area contributed by atoms with Gasteiger partial charge in [0.15, 0.2) is 0 Å². The molecule has 0 aromatic heterocycles. The van der Waals surface area contributed by atoms with Gasteiger partial charge in [-0.25, -0.2) is 0 Å². The highest BCUT2D eigenvalue weighted by molar-refractivity contribution is 5.18. The van der Waals surface area contributed by atoms with Crippen LogP contribution in [0.4, 0.5) is 0 Å². The topological polar surface area (TPSA) is 15.3 Å². The lowest BCUT2D eigenvalue weighted by Gasteiger charge is -2.27. The van der Waals surface area contributed by atoms with Crippen LogP contribution in [0.3, 0.4) is 0 Å². The molecule has 1 aromatic rings. The monoisotopic (exact) mass is 286 g/mol. The van der Waals surface area contributed by atoms with Crippen LogP contribution in [0.2, 0.25) is 0 Å². The molecular formula is C19H30N2. The van der Waals surface area contributed by atoms with Gasteiger partial charge < -0.3 is 10.2 Å². The second-order valence-electron chi connectivity index (χ2n) is 7.10. The van der Waals surface area contributed by atoms with Crippen molar-refractivity contribution in [2.75, 3.05) is 26.2 Å². The third kappa shape index (κ3) is 4.82. The standard InChI is InChI=1S/C19H30N2/c1-16(18-6-3-2-4-7-18)11-13-21(14-17-9-10-17)15-19-8-5-12-20-19/h2-4,6-7,16-17,19-20H,5,8-15H2,1H3. The van der Waals surface area contributed by atoms with Crippen LogP contribution >= 0.6 is 0 Å². The number of hydrogen-bond acceptors (Lipinski definition) is 2. The van der Waals surface area contributed by atoms with Crippen molar-refractivity contribution in [1.29, 1.82) is 0 Å². The second kappa shape index (κ2) is 7.42. The molecule has 1 saturated heterocycles. The highest BCUT2D eigenvalue weighted by atomic mass is 15.2. The van der Waals surface area contributed by atoms with Gasteiger partial charge in [0.2, 0.25) is 0 Å². The maximum absolute atomic E-state index is 3.66. The molecule has 2 atom stereocenters. The molecular weight excluding hydrogens is 256 g/mol. The van der Waals surface area contributed by atoms with Crippen molar-refractivity contribution in [1.82, 2.24) is 10.2 Å². The Balaban J connectivity index is 1.48. The molecule has 2 heteroatoms. The quantitative estimate of drug-likeness (QED) is 0.785. The lowest BCUT2D eigenvalue weighted by Crippen LogP contribution is -2.39. The lowest BCUT2D eigenvalue weighted by molar-refractivity contribution is 0.232. The summed E-state index contributed by atoms with van der Waals surface area (Å²) in [6, 6.07) is 11.7. The zero-order valence-electron chi connectivity index (χ0n) is 13.4. The fraction of sp³-hybridized carbons (Fsp3) is 0.684. The van der Waals surface area contributed by atoms with Gasteiger partial charge >= 0.3 is 0 Å². The van der Waals surface area contributed by atoms with Gasteiger partial charge in [0.25, 0.3) is 0 Å². The summed E-state index contributed by atoms with van der Waals surface area (Å²) >= 11 is 0. The lowest BCUT2D eigenvalue weighted by atomic mass is 9.97. The summed E-state index contributed by atoms with van der Waals surface area (Å²) in [7, 11) is 0. The molecule has 0 radical (unpaired) electrons. The van der Waals surface area contributed by atoms with Crippen molar-refractivity contribution in [2.45, 2.75) is 51.0 Å². The Bertz CT molecular complexity index is 407. The first kappa shape index (κ1) is 15.1. The van der Waals surface area contributed by atoms with E-state index in [1.807, 2.05) is 0 Å². The fourth-order valence-electron chi connectivity index (χ4n) is 3.47. The summed E-state index contributed by atoms with van der Waals surface area (Å²) < 4.78 is 0. The summed E-state index contributed by atoms with van der Waals surface area (Å²) in [6.07, 6.45) is 6.94. The molecule has 1 N–H and O–H groups in total. The Kier molecular flexibility index (Phi) is 5.32. The van der Waals surface area contributed by atoms with Crippen molar-refractivity contribution < 1.29 is 0 Å². The summed E-state index contributed by atoms with van der Waals surface area (Å²) in [5.74, 6) is 1.67. The normalized spacial score (nSPS) is 23.6. The number of rotatable bonds is 8. The molecule has 0 spiro atoms. The highest BCUT2D eigenvalue weighted by Gasteiger charge is 2.26. The van der Waals surface area contributed by atoms with Crippen LogP contribution in [0.1, 0.15) is 50.5 Å². The minimum Gasteiger partial charge on any atom is -0.313 e. The molecule has 0 amide bonds. The van der Waals surface area contributed by atoms with E-state index in [1.165, 1.54) is 63.8 Å². The zero-order chi connectivity index (χ0) is 14.5. The predicted octanol–water partition coefficient (Wildman–Crippen LogP) is 3.64. The first-order valence-corrected chi connectivity index (χ1v) is 8.82. The van der Waals surface area contributed by atoms with Gasteiger partial charge in [0, 0.05) is 19.1 Å². The number of nitrogens with zero attached hydrogens (tertiary/aromatic N) is 1. The largest absolute Gasteiger partial charge is 0.313 e. The Labute approximate surface area is 129 Å². The molecule has 2 fully saturated rings. The average Bonchev–Trinajstić information content (AvgIpc) is 3.18. The third-order valence-corrected chi connectivity index (χ3v) is 5.10. The van der Waals surface area contributed by atoms with Crippen molar-refractivity contribution in [3.05, 3.63) is 35.9 Å². The van der Waals surface area contributed by atoms with Gasteiger partial charge in [-0.3, -0.25) is 0 Å². The van der Waals surface area contributed by atoms with E-state index < -0.39 is 0 Å². The summed E-state index contributed by atoms with van der Waals surface area (Å²) in [4.78, 5) is 2.74. The van der Waals surface area contributed by atoms with Crippen molar-refractivity contribution >= 4 is 0 Å². The molecule has 1 aliphatic heterocycles. The SMILES string of the molecule is CC(CCN(CC1CC1)CC1CCCN1)c1ccccc1. The molecule has 21 heavy (non-hydrogen) atoms. The van der Waals surface area contributed by atoms with E-state index in [0.29, 0.717) is 5.92 Å². The van der Waals surface area contributed by atoms with E-state index in [2.05, 4.69) is 47.5 Å². The van der Waals surface area contributed by atoms with Gasteiger partial charge in [-0.05, 0) is 62.6 Å². The second-order valence-corrected chi connectivity index (χ2v) is 7.10. The van der Waals surface area contributed by atoms with Crippen molar-refractivity contribution in [3.8, 4) is 0 Å². The average molecular weight is 286 g/mol. The van der Waals surface area contributed by atoms with Gasteiger partial charge in [-0.1, -0.05) is 37.3 Å². The minimum atomic E-state index is 0.671. The number of nitrogens with one attached hydrogen (secondary N) is 1. The number of hydrogen-bond donors (Lipinski definition) is 1. The van der Waals surface area contributed by atoms with Crippen LogP contribution in [0.25, 0.3) is 0 Å². The molecule has 0 bridgehead atoms. The maximum atomic E-state index is 3.66. The van der Waals surface area contributed by atoms with Crippen LogP contribution in [-0.4, -0.2) is 37.1 Å². The van der Waals surface area contributed by atoms with E-state index in [9.17, 15) is 0 Å². The summed E-state index contributed by atoms with van der Waals surface area (Å²) in [6.45, 7) is 7.45. The zero-order valence-corrected chi connectivity index (χ0v) is 13.4. The first-order valence-electron chi connectivity index (χ1n) is 8.82. The molecule has 2 unspecified atom stereocenters. The van der Waals surface area contributed by atoms with E-state index in [0.717, 1.165) is 12.0 Å². The molecule has 2 nitrogen and oxygen atoms in total.